The molecule has 5 nitrogen and oxygen atoms in total. The molecule has 6 fully saturated rings. The Bertz CT molecular complexity index is 683. The van der Waals surface area contributed by atoms with E-state index in [1.807, 2.05) is 0 Å². The van der Waals surface area contributed by atoms with Crippen LogP contribution in [0.5, 0.6) is 0 Å². The Morgan fingerprint density at radius 2 is 1.93 bits per heavy atom. The zero-order chi connectivity index (χ0) is 18.6. The number of fused-ring (bicyclic) bond motifs is 1. The van der Waals surface area contributed by atoms with Crippen molar-refractivity contribution in [3.8, 4) is 0 Å². The van der Waals surface area contributed by atoms with E-state index in [1.165, 1.54) is 0 Å². The summed E-state index contributed by atoms with van der Waals surface area (Å²) in [7, 11) is 0. The van der Waals surface area contributed by atoms with E-state index < -0.39 is 11.1 Å². The van der Waals surface area contributed by atoms with Crippen LogP contribution in [-0.4, -0.2) is 52.6 Å². The van der Waals surface area contributed by atoms with Gasteiger partial charge in [0.2, 0.25) is 0 Å². The Hall–Kier alpha value is -0.650. The third kappa shape index (κ3) is 1.73. The van der Waals surface area contributed by atoms with Crippen LogP contribution in [-0.2, 0) is 9.53 Å². The molecule has 2 N–H and O–H groups in total. The summed E-state index contributed by atoms with van der Waals surface area (Å²) < 4.78 is 5.83. The van der Waals surface area contributed by atoms with E-state index in [1.54, 1.807) is 0 Å². The first kappa shape index (κ1) is 17.2. The van der Waals surface area contributed by atoms with Gasteiger partial charge in [0.1, 0.15) is 5.72 Å². The van der Waals surface area contributed by atoms with Gasteiger partial charge in [-0.1, -0.05) is 6.92 Å². The smallest absolute Gasteiger partial charge is 0.305 e. The van der Waals surface area contributed by atoms with Gasteiger partial charge in [0.05, 0.1) is 12.7 Å². The molecule has 0 radical (unpaired) electrons. The summed E-state index contributed by atoms with van der Waals surface area (Å²) in [4.78, 5) is 14.8. The number of carbonyl (C=O) groups is 1. The van der Waals surface area contributed by atoms with Crippen LogP contribution >= 0.6 is 0 Å². The summed E-state index contributed by atoms with van der Waals surface area (Å²) in [6.07, 6.45) is 7.04. The van der Waals surface area contributed by atoms with Gasteiger partial charge >= 0.3 is 5.97 Å². The minimum absolute atomic E-state index is 0.105. The molecule has 0 aromatic rings. The van der Waals surface area contributed by atoms with Crippen molar-refractivity contribution in [2.24, 2.45) is 40.4 Å². The Kier molecular flexibility index (Phi) is 3.37. The summed E-state index contributed by atoms with van der Waals surface area (Å²) in [5, 5.41) is 23.8. The first-order chi connectivity index (χ1) is 12.9. The quantitative estimate of drug-likeness (QED) is 0.635. The van der Waals surface area contributed by atoms with E-state index in [2.05, 4.69) is 11.8 Å². The van der Waals surface area contributed by atoms with Crippen molar-refractivity contribution in [2.45, 2.75) is 70.1 Å². The summed E-state index contributed by atoms with van der Waals surface area (Å²) in [6, 6.07) is 0. The molecule has 0 aromatic carbocycles. The van der Waals surface area contributed by atoms with Gasteiger partial charge in [-0.05, 0) is 68.6 Å². The van der Waals surface area contributed by atoms with E-state index in [-0.39, 0.29) is 29.3 Å². The first-order valence-electron chi connectivity index (χ1n) is 11.3. The van der Waals surface area contributed by atoms with Crippen molar-refractivity contribution in [2.75, 3.05) is 19.7 Å². The number of hydrogen-bond acceptors (Lipinski definition) is 5. The Labute approximate surface area is 161 Å². The Balaban J connectivity index is 1.65. The molecule has 0 spiro atoms. The van der Waals surface area contributed by atoms with Crippen molar-refractivity contribution in [3.63, 3.8) is 0 Å². The van der Waals surface area contributed by atoms with Crippen molar-refractivity contribution < 1.29 is 19.7 Å². The molecule has 6 rings (SSSR count). The van der Waals surface area contributed by atoms with E-state index in [0.717, 1.165) is 51.6 Å². The van der Waals surface area contributed by atoms with Gasteiger partial charge in [-0.15, -0.1) is 0 Å². The largest absolute Gasteiger partial charge is 0.465 e. The standard InChI is InChI=1S/C22H33NO4/c1-13-10-23-11-15-4-2-14-3-5-17(24)19(14)21-9-7-18(25)27-12-20(15,21)8-6-16(13)22(21,23)26/h13-17,19,24,26H,2-12H2,1H3/t13-,14+,15-,16-,17-,19+,20-,21-,22-/m1/s1. The molecule has 5 heteroatoms. The highest BCUT2D eigenvalue weighted by Gasteiger charge is 2.81. The van der Waals surface area contributed by atoms with Crippen LogP contribution in [0.4, 0.5) is 0 Å². The second-order valence-corrected chi connectivity index (χ2v) is 10.7. The fourth-order valence-electron chi connectivity index (χ4n) is 9.54. The van der Waals surface area contributed by atoms with Crippen LogP contribution in [0.2, 0.25) is 0 Å². The lowest BCUT2D eigenvalue weighted by atomic mass is 9.39. The summed E-state index contributed by atoms with van der Waals surface area (Å²) in [6.45, 7) is 4.65. The first-order valence-corrected chi connectivity index (χ1v) is 11.3. The molecule has 3 aliphatic carbocycles. The highest BCUT2D eigenvalue weighted by molar-refractivity contribution is 5.70. The zero-order valence-electron chi connectivity index (χ0n) is 16.4. The van der Waals surface area contributed by atoms with Gasteiger partial charge in [0.25, 0.3) is 0 Å². The number of cyclic esters (lactones) is 1. The molecule has 9 atom stereocenters. The Morgan fingerprint density at radius 1 is 1.11 bits per heavy atom. The van der Waals surface area contributed by atoms with E-state index in [9.17, 15) is 15.0 Å². The number of carbonyl (C=O) groups excluding carboxylic acids is 1. The van der Waals surface area contributed by atoms with Gasteiger partial charge in [-0.2, -0.15) is 0 Å². The second kappa shape index (κ2) is 5.28. The number of hydrogen-bond donors (Lipinski definition) is 2. The van der Waals surface area contributed by atoms with Gasteiger partial charge < -0.3 is 14.9 Å². The molecule has 3 aliphatic heterocycles. The van der Waals surface area contributed by atoms with Gasteiger partial charge in [0, 0.05) is 36.3 Å². The molecule has 0 unspecified atom stereocenters. The average molecular weight is 376 g/mol. The predicted octanol–water partition coefficient (Wildman–Crippen LogP) is 2.16. The zero-order valence-corrected chi connectivity index (χ0v) is 16.4. The number of esters is 1. The summed E-state index contributed by atoms with van der Waals surface area (Å²) >= 11 is 0. The van der Waals surface area contributed by atoms with E-state index >= 15 is 0 Å². The minimum Gasteiger partial charge on any atom is -0.465 e. The fourth-order valence-corrected chi connectivity index (χ4v) is 9.54. The maximum absolute atomic E-state index is 12.6. The summed E-state index contributed by atoms with van der Waals surface area (Å²) in [5.41, 5.74) is -1.44. The lowest BCUT2D eigenvalue weighted by Gasteiger charge is -2.71. The number of aliphatic hydroxyl groups excluding tert-OH is 1. The van der Waals surface area contributed by atoms with Crippen molar-refractivity contribution in [3.05, 3.63) is 0 Å². The van der Waals surface area contributed by atoms with Gasteiger partial charge in [-0.3, -0.25) is 9.69 Å². The monoisotopic (exact) mass is 375 g/mol. The topological polar surface area (TPSA) is 70.0 Å². The summed E-state index contributed by atoms with van der Waals surface area (Å²) in [5.74, 6) is 1.68. The van der Waals surface area contributed by atoms with Crippen LogP contribution in [0.3, 0.4) is 0 Å². The molecule has 27 heavy (non-hydrogen) atoms. The minimum atomic E-state index is -0.881. The average Bonchev–Trinajstić information content (AvgIpc) is 3.05. The molecule has 3 heterocycles. The van der Waals surface area contributed by atoms with Crippen LogP contribution in [0.1, 0.15) is 58.3 Å². The molecule has 3 saturated heterocycles. The van der Waals surface area contributed by atoms with Crippen LogP contribution in [0.25, 0.3) is 0 Å². The normalized spacial score (nSPS) is 59.4. The molecule has 3 saturated carbocycles. The molecule has 0 aromatic heterocycles. The maximum Gasteiger partial charge on any atom is 0.305 e. The Morgan fingerprint density at radius 3 is 2.78 bits per heavy atom. The molecule has 150 valence electrons. The third-order valence-corrected chi connectivity index (χ3v) is 10.3. The predicted molar refractivity (Wildman–Crippen MR) is 98.4 cm³/mol. The highest BCUT2D eigenvalue weighted by Crippen LogP contribution is 2.77. The number of aliphatic hydroxyl groups is 2. The van der Waals surface area contributed by atoms with Crippen molar-refractivity contribution in [1.29, 1.82) is 0 Å². The number of rotatable bonds is 0. The highest BCUT2D eigenvalue weighted by atomic mass is 16.5. The van der Waals surface area contributed by atoms with E-state index in [0.29, 0.717) is 37.2 Å². The fraction of sp³-hybridized carbons (Fsp3) is 0.955. The number of piperidine rings is 1. The SMILES string of the molecule is C[C@@H]1CN2C[C@H]3CC[C@H]4CC[C@@H](O)[C@H]4[C@]45CCC(=O)OC[C@]34CC[C@H]1[C@]25O. The lowest BCUT2D eigenvalue weighted by Crippen LogP contribution is -2.78. The number of ether oxygens (including phenoxy) is 1. The third-order valence-electron chi connectivity index (χ3n) is 10.3. The molecule has 6 aliphatic rings. The van der Waals surface area contributed by atoms with Crippen LogP contribution in [0.15, 0.2) is 0 Å². The van der Waals surface area contributed by atoms with Crippen LogP contribution in [0, 0.1) is 40.4 Å². The molecular weight excluding hydrogens is 342 g/mol. The van der Waals surface area contributed by atoms with Crippen molar-refractivity contribution >= 4 is 5.97 Å². The maximum atomic E-state index is 12.6. The van der Waals surface area contributed by atoms with Crippen LogP contribution < -0.4 is 0 Å². The van der Waals surface area contributed by atoms with E-state index in [4.69, 9.17) is 4.74 Å². The van der Waals surface area contributed by atoms with Crippen molar-refractivity contribution in [1.82, 2.24) is 4.90 Å². The van der Waals surface area contributed by atoms with Gasteiger partial charge in [-0.25, -0.2) is 0 Å². The van der Waals surface area contributed by atoms with Gasteiger partial charge in [0.15, 0.2) is 0 Å². The molecular formula is C22H33NO4. The second-order valence-electron chi connectivity index (χ2n) is 10.7. The molecule has 0 amide bonds. The number of nitrogens with zero attached hydrogens (tertiary/aromatic N) is 1. The lowest BCUT2D eigenvalue weighted by molar-refractivity contribution is -0.342. The molecule has 4 bridgehead atoms.